The molecule has 2 aromatic carbocycles. The molecule has 0 fully saturated rings. The number of benzene rings is 2. The van der Waals surface area contributed by atoms with Crippen LogP contribution in [0.15, 0.2) is 78.7 Å². The Morgan fingerprint density at radius 3 is 2.42 bits per heavy atom. The van der Waals surface area contributed by atoms with Crippen molar-refractivity contribution in [2.45, 2.75) is 6.42 Å². The Kier molecular flexibility index (Phi) is 5.18. The molecule has 0 aliphatic carbocycles. The molecule has 0 N–H and O–H groups in total. The molecule has 0 aliphatic rings. The Balaban J connectivity index is 1.82. The number of hydrogen-bond donors (Lipinski definition) is 0. The summed E-state index contributed by atoms with van der Waals surface area (Å²) >= 11 is 1.48. The summed E-state index contributed by atoms with van der Waals surface area (Å²) in [6, 6.07) is 19.7. The summed E-state index contributed by atoms with van der Waals surface area (Å²) in [6.45, 7) is 4.22. The highest BCUT2D eigenvalue weighted by Crippen LogP contribution is 2.27. The van der Waals surface area contributed by atoms with E-state index in [0.29, 0.717) is 18.1 Å². The predicted octanol–water partition coefficient (Wildman–Crippen LogP) is 4.57. The molecule has 3 aromatic rings. The molecule has 24 heavy (non-hydrogen) atoms. The van der Waals surface area contributed by atoms with Crippen LogP contribution in [0.5, 0.6) is 0 Å². The van der Waals surface area contributed by atoms with E-state index in [9.17, 15) is 4.79 Å². The van der Waals surface area contributed by atoms with Gasteiger partial charge in [0.25, 0.3) is 0 Å². The fourth-order valence-electron chi connectivity index (χ4n) is 2.41. The van der Waals surface area contributed by atoms with Crippen molar-refractivity contribution in [1.29, 1.82) is 0 Å². The van der Waals surface area contributed by atoms with E-state index in [1.165, 1.54) is 11.3 Å². The molecule has 3 nitrogen and oxygen atoms in total. The van der Waals surface area contributed by atoms with Gasteiger partial charge in [-0.25, -0.2) is 4.98 Å². The minimum Gasteiger partial charge on any atom is -0.284 e. The lowest BCUT2D eigenvalue weighted by Gasteiger charge is -2.18. The predicted molar refractivity (Wildman–Crippen MR) is 100 cm³/mol. The van der Waals surface area contributed by atoms with Gasteiger partial charge in [0.2, 0.25) is 5.91 Å². The van der Waals surface area contributed by atoms with Gasteiger partial charge in [0.15, 0.2) is 5.13 Å². The number of rotatable bonds is 6. The normalized spacial score (nSPS) is 10.3. The smallest absolute Gasteiger partial charge is 0.233 e. The second-order valence-electron chi connectivity index (χ2n) is 5.34. The third-order valence-electron chi connectivity index (χ3n) is 3.60. The molecular weight excluding hydrogens is 316 g/mol. The van der Waals surface area contributed by atoms with Crippen LogP contribution in [0.2, 0.25) is 0 Å². The van der Waals surface area contributed by atoms with Crippen molar-refractivity contribution in [2.24, 2.45) is 0 Å². The standard InChI is InChI=1S/C20H18N2OS/c1-2-13-22(19(23)14-16-9-5-3-6-10-16)20-21-18(15-24-20)17-11-7-4-8-12-17/h2-12,15H,1,13-14H2. The molecule has 3 rings (SSSR count). The fourth-order valence-corrected chi connectivity index (χ4v) is 3.27. The quantitative estimate of drug-likeness (QED) is 0.619. The number of carbonyl (C=O) groups is 1. The summed E-state index contributed by atoms with van der Waals surface area (Å²) < 4.78 is 0. The largest absolute Gasteiger partial charge is 0.284 e. The van der Waals surface area contributed by atoms with Crippen LogP contribution in [0.25, 0.3) is 11.3 Å². The van der Waals surface area contributed by atoms with Crippen molar-refractivity contribution in [1.82, 2.24) is 4.98 Å². The van der Waals surface area contributed by atoms with Crippen molar-refractivity contribution in [3.63, 3.8) is 0 Å². The molecule has 1 amide bonds. The fraction of sp³-hybridized carbons (Fsp3) is 0.100. The van der Waals surface area contributed by atoms with Crippen molar-refractivity contribution in [2.75, 3.05) is 11.4 Å². The maximum absolute atomic E-state index is 12.7. The average molecular weight is 334 g/mol. The Morgan fingerprint density at radius 1 is 1.08 bits per heavy atom. The third kappa shape index (κ3) is 3.78. The average Bonchev–Trinajstić information content (AvgIpc) is 3.11. The molecule has 120 valence electrons. The van der Waals surface area contributed by atoms with Crippen LogP contribution in [0, 0.1) is 0 Å². The molecule has 0 spiro atoms. The lowest BCUT2D eigenvalue weighted by Crippen LogP contribution is -2.32. The van der Waals surface area contributed by atoms with E-state index in [-0.39, 0.29) is 5.91 Å². The maximum Gasteiger partial charge on any atom is 0.233 e. The summed E-state index contributed by atoms with van der Waals surface area (Å²) in [5.74, 6) is 0.0232. The number of amides is 1. The lowest BCUT2D eigenvalue weighted by molar-refractivity contribution is -0.117. The number of carbonyl (C=O) groups excluding carboxylic acids is 1. The van der Waals surface area contributed by atoms with Crippen LogP contribution >= 0.6 is 11.3 Å². The van der Waals surface area contributed by atoms with Crippen molar-refractivity contribution >= 4 is 22.4 Å². The summed E-state index contributed by atoms with van der Waals surface area (Å²) in [5, 5.41) is 2.69. The van der Waals surface area contributed by atoms with E-state index in [1.807, 2.05) is 66.0 Å². The van der Waals surface area contributed by atoms with Gasteiger partial charge in [-0.2, -0.15) is 0 Å². The van der Waals surface area contributed by atoms with Gasteiger partial charge in [0.1, 0.15) is 0 Å². The van der Waals surface area contributed by atoms with Gasteiger partial charge in [0, 0.05) is 17.5 Å². The first-order valence-corrected chi connectivity index (χ1v) is 8.62. The van der Waals surface area contributed by atoms with Gasteiger partial charge in [-0.1, -0.05) is 66.7 Å². The second kappa shape index (κ2) is 7.70. The van der Waals surface area contributed by atoms with E-state index in [4.69, 9.17) is 0 Å². The summed E-state index contributed by atoms with van der Waals surface area (Å²) in [7, 11) is 0. The molecule has 0 bridgehead atoms. The highest BCUT2D eigenvalue weighted by Gasteiger charge is 2.18. The Hall–Kier alpha value is -2.72. The molecule has 0 aliphatic heterocycles. The van der Waals surface area contributed by atoms with Crippen molar-refractivity contribution in [3.8, 4) is 11.3 Å². The van der Waals surface area contributed by atoms with Gasteiger partial charge >= 0.3 is 0 Å². The third-order valence-corrected chi connectivity index (χ3v) is 4.47. The Labute approximate surface area is 145 Å². The first-order valence-electron chi connectivity index (χ1n) is 7.74. The zero-order chi connectivity index (χ0) is 16.8. The summed E-state index contributed by atoms with van der Waals surface area (Å²) in [4.78, 5) is 19.0. The van der Waals surface area contributed by atoms with Crippen molar-refractivity contribution < 1.29 is 4.79 Å². The Morgan fingerprint density at radius 2 is 1.75 bits per heavy atom. The monoisotopic (exact) mass is 334 g/mol. The SMILES string of the molecule is C=CCN(C(=O)Cc1ccccc1)c1nc(-c2ccccc2)cs1. The van der Waals surface area contributed by atoms with Crippen LogP contribution in [0.1, 0.15) is 5.56 Å². The molecule has 1 aromatic heterocycles. The molecule has 0 atom stereocenters. The highest BCUT2D eigenvalue weighted by atomic mass is 32.1. The summed E-state index contributed by atoms with van der Waals surface area (Å²) in [6.07, 6.45) is 2.08. The molecule has 0 saturated carbocycles. The number of anilines is 1. The van der Waals surface area contributed by atoms with Crippen LogP contribution in [-0.2, 0) is 11.2 Å². The lowest BCUT2D eigenvalue weighted by atomic mass is 10.1. The van der Waals surface area contributed by atoms with E-state index in [2.05, 4.69) is 11.6 Å². The minimum atomic E-state index is 0.0232. The number of aromatic nitrogens is 1. The van der Waals surface area contributed by atoms with E-state index in [0.717, 1.165) is 16.8 Å². The molecule has 1 heterocycles. The minimum absolute atomic E-state index is 0.0232. The van der Waals surface area contributed by atoms with Crippen LogP contribution in [0.4, 0.5) is 5.13 Å². The zero-order valence-corrected chi connectivity index (χ0v) is 14.1. The summed E-state index contributed by atoms with van der Waals surface area (Å²) in [5.41, 5.74) is 2.93. The highest BCUT2D eigenvalue weighted by molar-refractivity contribution is 7.14. The van der Waals surface area contributed by atoms with Gasteiger partial charge in [0.05, 0.1) is 12.1 Å². The number of nitrogens with zero attached hydrogens (tertiary/aromatic N) is 2. The molecule has 4 heteroatoms. The van der Waals surface area contributed by atoms with E-state index in [1.54, 1.807) is 11.0 Å². The van der Waals surface area contributed by atoms with Gasteiger partial charge in [-0.05, 0) is 5.56 Å². The molecule has 0 radical (unpaired) electrons. The second-order valence-corrected chi connectivity index (χ2v) is 6.17. The van der Waals surface area contributed by atoms with Crippen LogP contribution in [-0.4, -0.2) is 17.4 Å². The molecule has 0 saturated heterocycles. The first-order chi connectivity index (χ1) is 11.8. The number of thiazole rings is 1. The van der Waals surface area contributed by atoms with Crippen molar-refractivity contribution in [3.05, 3.63) is 84.3 Å². The first kappa shape index (κ1) is 16.1. The van der Waals surface area contributed by atoms with Gasteiger partial charge in [-0.3, -0.25) is 9.69 Å². The molecule has 0 unspecified atom stereocenters. The maximum atomic E-state index is 12.7. The van der Waals surface area contributed by atoms with Gasteiger partial charge in [-0.15, -0.1) is 17.9 Å². The van der Waals surface area contributed by atoms with E-state index < -0.39 is 0 Å². The zero-order valence-electron chi connectivity index (χ0n) is 13.3. The Bertz CT molecular complexity index is 812. The van der Waals surface area contributed by atoms with Crippen LogP contribution in [0.3, 0.4) is 0 Å². The number of hydrogen-bond acceptors (Lipinski definition) is 3. The molecular formula is C20H18N2OS. The van der Waals surface area contributed by atoms with Crippen LogP contribution < -0.4 is 4.90 Å². The topological polar surface area (TPSA) is 33.2 Å². The van der Waals surface area contributed by atoms with E-state index >= 15 is 0 Å². The van der Waals surface area contributed by atoms with Gasteiger partial charge < -0.3 is 0 Å².